The third kappa shape index (κ3) is 4.81. The van der Waals surface area contributed by atoms with Crippen molar-refractivity contribution in [3.05, 3.63) is 29.1 Å². The Hall–Kier alpha value is -1.96. The lowest BCUT2D eigenvalue weighted by Gasteiger charge is -2.30. The zero-order valence-electron chi connectivity index (χ0n) is 15.2. The number of nitrogens with zero attached hydrogens (tertiary/aromatic N) is 1. The molecular formula is C18H24FNO5S. The molecule has 0 aromatic heterocycles. The molecule has 0 saturated carbocycles. The second-order valence-electron chi connectivity index (χ2n) is 6.54. The molecule has 1 amide bonds. The number of carbonyl (C=O) groups excluding carboxylic acids is 2. The van der Waals surface area contributed by atoms with Gasteiger partial charge < -0.3 is 9.64 Å². The first kappa shape index (κ1) is 20.4. The summed E-state index contributed by atoms with van der Waals surface area (Å²) in [6, 6.07) is 2.61. The number of ether oxygens (including phenoxy) is 1. The Morgan fingerprint density at radius 1 is 1.19 bits per heavy atom. The van der Waals surface area contributed by atoms with Crippen LogP contribution in [0.2, 0.25) is 0 Å². The van der Waals surface area contributed by atoms with Crippen LogP contribution in [0.4, 0.5) is 10.1 Å². The molecule has 1 fully saturated rings. The summed E-state index contributed by atoms with van der Waals surface area (Å²) in [7, 11) is -3.11. The third-order valence-corrected chi connectivity index (χ3v) is 6.20. The second kappa shape index (κ2) is 8.16. The summed E-state index contributed by atoms with van der Waals surface area (Å²) in [5.74, 6) is -1.89. The highest BCUT2D eigenvalue weighted by Crippen LogP contribution is 2.30. The first-order valence-corrected chi connectivity index (χ1v) is 10.4. The first-order chi connectivity index (χ1) is 12.1. The van der Waals surface area contributed by atoms with Crippen molar-refractivity contribution in [2.24, 2.45) is 5.92 Å². The quantitative estimate of drug-likeness (QED) is 0.726. The van der Waals surface area contributed by atoms with Crippen LogP contribution in [-0.4, -0.2) is 45.0 Å². The van der Waals surface area contributed by atoms with Gasteiger partial charge in [0.15, 0.2) is 0 Å². The molecule has 26 heavy (non-hydrogen) atoms. The van der Waals surface area contributed by atoms with Gasteiger partial charge in [-0.2, -0.15) is 0 Å². The fourth-order valence-electron chi connectivity index (χ4n) is 3.29. The number of benzene rings is 1. The number of amides is 1. The summed E-state index contributed by atoms with van der Waals surface area (Å²) in [4.78, 5) is 26.4. The standard InChI is InChI=1S/C18H24FNO5S/c1-4-25-16(21)11-20(17-12(2)9-15(19)10-13(17)3)18(22)14-5-7-26(23,24)8-6-14/h9-10,14H,4-8,11H2,1-3H3. The lowest BCUT2D eigenvalue weighted by atomic mass is 9.99. The molecular weight excluding hydrogens is 361 g/mol. The molecule has 0 atom stereocenters. The SMILES string of the molecule is CCOC(=O)CN(C(=O)C1CCS(=O)(=O)CC1)c1c(C)cc(F)cc1C. The van der Waals surface area contributed by atoms with E-state index in [1.165, 1.54) is 17.0 Å². The van der Waals surface area contributed by atoms with Gasteiger partial charge in [0.2, 0.25) is 5.91 Å². The van der Waals surface area contributed by atoms with Crippen LogP contribution in [-0.2, 0) is 24.2 Å². The molecule has 0 spiro atoms. The van der Waals surface area contributed by atoms with Crippen molar-refractivity contribution in [1.82, 2.24) is 0 Å². The molecule has 0 radical (unpaired) electrons. The van der Waals surface area contributed by atoms with Crippen LogP contribution in [0, 0.1) is 25.6 Å². The molecule has 0 N–H and O–H groups in total. The minimum atomic E-state index is -3.11. The van der Waals surface area contributed by atoms with E-state index in [9.17, 15) is 22.4 Å². The summed E-state index contributed by atoms with van der Waals surface area (Å²) < 4.78 is 41.9. The molecule has 1 aromatic carbocycles. The maximum atomic E-state index is 13.6. The van der Waals surface area contributed by atoms with Gasteiger partial charge in [-0.25, -0.2) is 12.8 Å². The predicted octanol–water partition coefficient (Wildman–Crippen LogP) is 2.16. The Bertz CT molecular complexity index is 769. The summed E-state index contributed by atoms with van der Waals surface area (Å²) >= 11 is 0. The molecule has 0 bridgehead atoms. The largest absolute Gasteiger partial charge is 0.465 e. The summed E-state index contributed by atoms with van der Waals surface area (Å²) in [6.07, 6.45) is 0.444. The lowest BCUT2D eigenvalue weighted by molar-refractivity contribution is -0.142. The fraction of sp³-hybridized carbons (Fsp3) is 0.556. The average Bonchev–Trinajstić information content (AvgIpc) is 2.52. The molecule has 1 heterocycles. The number of hydrogen-bond donors (Lipinski definition) is 0. The minimum absolute atomic E-state index is 0.0436. The number of anilines is 1. The fourth-order valence-corrected chi connectivity index (χ4v) is 4.78. The highest BCUT2D eigenvalue weighted by atomic mass is 32.2. The Kier molecular flexibility index (Phi) is 6.39. The van der Waals surface area contributed by atoms with E-state index in [0.717, 1.165) is 0 Å². The third-order valence-electron chi connectivity index (χ3n) is 4.49. The normalized spacial score (nSPS) is 16.9. The van der Waals surface area contributed by atoms with Gasteiger partial charge in [0.25, 0.3) is 0 Å². The van der Waals surface area contributed by atoms with Gasteiger partial charge in [-0.15, -0.1) is 0 Å². The molecule has 0 unspecified atom stereocenters. The molecule has 1 aromatic rings. The highest BCUT2D eigenvalue weighted by molar-refractivity contribution is 7.91. The van der Waals surface area contributed by atoms with Gasteiger partial charge in [-0.05, 0) is 56.9 Å². The molecule has 144 valence electrons. The topological polar surface area (TPSA) is 80.8 Å². The molecule has 1 aliphatic heterocycles. The highest BCUT2D eigenvalue weighted by Gasteiger charge is 2.34. The molecule has 1 aliphatic rings. The number of esters is 1. The zero-order valence-corrected chi connectivity index (χ0v) is 16.1. The van der Waals surface area contributed by atoms with Crippen molar-refractivity contribution in [3.63, 3.8) is 0 Å². The van der Waals surface area contributed by atoms with E-state index in [-0.39, 0.29) is 43.4 Å². The number of hydrogen-bond acceptors (Lipinski definition) is 5. The summed E-state index contributed by atoms with van der Waals surface area (Å²) in [6.45, 7) is 4.90. The van der Waals surface area contributed by atoms with Crippen molar-refractivity contribution < 1.29 is 27.1 Å². The minimum Gasteiger partial charge on any atom is -0.465 e. The number of carbonyl (C=O) groups is 2. The second-order valence-corrected chi connectivity index (χ2v) is 8.85. The Labute approximate surface area is 153 Å². The molecule has 1 saturated heterocycles. The molecule has 8 heteroatoms. The van der Waals surface area contributed by atoms with Gasteiger partial charge >= 0.3 is 5.97 Å². The monoisotopic (exact) mass is 385 g/mol. The molecule has 2 rings (SSSR count). The number of halogens is 1. The van der Waals surface area contributed by atoms with Crippen LogP contribution >= 0.6 is 0 Å². The first-order valence-electron chi connectivity index (χ1n) is 8.58. The van der Waals surface area contributed by atoms with Crippen molar-refractivity contribution in [2.45, 2.75) is 33.6 Å². The van der Waals surface area contributed by atoms with E-state index in [1.807, 2.05) is 0 Å². The smallest absolute Gasteiger partial charge is 0.326 e. The predicted molar refractivity (Wildman–Crippen MR) is 96.2 cm³/mol. The number of aryl methyl sites for hydroxylation is 2. The van der Waals surface area contributed by atoms with E-state index in [1.54, 1.807) is 20.8 Å². The Morgan fingerprint density at radius 2 is 1.73 bits per heavy atom. The van der Waals surface area contributed by atoms with Crippen LogP contribution in [0.5, 0.6) is 0 Å². The maximum absolute atomic E-state index is 13.6. The van der Waals surface area contributed by atoms with Gasteiger partial charge in [0.1, 0.15) is 22.2 Å². The molecule has 0 aliphatic carbocycles. The van der Waals surface area contributed by atoms with E-state index in [4.69, 9.17) is 4.74 Å². The van der Waals surface area contributed by atoms with E-state index in [0.29, 0.717) is 16.8 Å². The summed E-state index contributed by atoms with van der Waals surface area (Å²) in [5.41, 5.74) is 1.53. The number of sulfone groups is 1. The Morgan fingerprint density at radius 3 is 2.23 bits per heavy atom. The van der Waals surface area contributed by atoms with Crippen LogP contribution < -0.4 is 4.90 Å². The van der Waals surface area contributed by atoms with E-state index < -0.39 is 27.5 Å². The van der Waals surface area contributed by atoms with E-state index >= 15 is 0 Å². The Balaban J connectivity index is 2.35. The van der Waals surface area contributed by atoms with Gasteiger partial charge in [0, 0.05) is 5.92 Å². The van der Waals surface area contributed by atoms with Gasteiger partial charge in [-0.1, -0.05) is 0 Å². The van der Waals surface area contributed by atoms with Crippen LogP contribution in [0.3, 0.4) is 0 Å². The van der Waals surface area contributed by atoms with Crippen LogP contribution in [0.15, 0.2) is 12.1 Å². The van der Waals surface area contributed by atoms with Gasteiger partial charge in [0.05, 0.1) is 23.8 Å². The number of rotatable bonds is 5. The van der Waals surface area contributed by atoms with Crippen LogP contribution in [0.1, 0.15) is 30.9 Å². The maximum Gasteiger partial charge on any atom is 0.326 e. The zero-order chi connectivity index (χ0) is 19.5. The van der Waals surface area contributed by atoms with Crippen LogP contribution in [0.25, 0.3) is 0 Å². The molecule has 6 nitrogen and oxygen atoms in total. The van der Waals surface area contributed by atoms with Crippen molar-refractivity contribution in [3.8, 4) is 0 Å². The van der Waals surface area contributed by atoms with Gasteiger partial charge in [-0.3, -0.25) is 9.59 Å². The summed E-state index contributed by atoms with van der Waals surface area (Å²) in [5, 5.41) is 0. The van der Waals surface area contributed by atoms with Crippen molar-refractivity contribution in [2.75, 3.05) is 29.6 Å². The van der Waals surface area contributed by atoms with Crippen molar-refractivity contribution in [1.29, 1.82) is 0 Å². The average molecular weight is 385 g/mol. The van der Waals surface area contributed by atoms with E-state index in [2.05, 4.69) is 0 Å². The van der Waals surface area contributed by atoms with Crippen molar-refractivity contribution >= 4 is 27.4 Å². The lowest BCUT2D eigenvalue weighted by Crippen LogP contribution is -2.43.